The number of rotatable bonds is 6. The molecule has 0 aliphatic rings. The lowest BCUT2D eigenvalue weighted by atomic mass is 10.1. The third-order valence-electron chi connectivity index (χ3n) is 2.64. The van der Waals surface area contributed by atoms with Gasteiger partial charge in [-0.05, 0) is 39.7 Å². The largest absolute Gasteiger partial charge is 0.264 e. The van der Waals surface area contributed by atoms with Crippen molar-refractivity contribution in [1.82, 2.24) is 9.71 Å². The molecule has 0 spiro atoms. The molecular formula is C14H21BrN2OS. The second-order valence-corrected chi connectivity index (χ2v) is 8.17. The maximum Gasteiger partial charge on any atom is 0.0975 e. The van der Waals surface area contributed by atoms with E-state index >= 15 is 0 Å². The van der Waals surface area contributed by atoms with E-state index in [9.17, 15) is 4.21 Å². The number of halogens is 1. The Hall–Kier alpha value is -0.520. The summed E-state index contributed by atoms with van der Waals surface area (Å²) in [4.78, 5) is 4.15. The first kappa shape index (κ1) is 16.5. The molecule has 0 amide bonds. The molecule has 0 bridgehead atoms. The molecule has 0 saturated heterocycles. The molecule has 0 radical (unpaired) electrons. The average molecular weight is 345 g/mol. The van der Waals surface area contributed by atoms with Crippen LogP contribution in [0.3, 0.4) is 0 Å². The van der Waals surface area contributed by atoms with Gasteiger partial charge in [0.2, 0.25) is 0 Å². The van der Waals surface area contributed by atoms with Gasteiger partial charge in [0.15, 0.2) is 0 Å². The first-order valence-corrected chi connectivity index (χ1v) is 8.19. The monoisotopic (exact) mass is 344 g/mol. The Labute approximate surface area is 126 Å². The molecule has 0 fully saturated rings. The van der Waals surface area contributed by atoms with Crippen molar-refractivity contribution in [3.05, 3.63) is 41.2 Å². The Morgan fingerprint density at radius 3 is 2.79 bits per heavy atom. The Bertz CT molecular complexity index is 457. The fraction of sp³-hybridized carbons (Fsp3) is 0.500. The van der Waals surface area contributed by atoms with Gasteiger partial charge in [0.05, 0.1) is 15.7 Å². The van der Waals surface area contributed by atoms with Crippen LogP contribution in [0.2, 0.25) is 0 Å². The highest BCUT2D eigenvalue weighted by Gasteiger charge is 2.24. The van der Waals surface area contributed by atoms with Crippen LogP contribution < -0.4 is 4.72 Å². The Balaban J connectivity index is 2.93. The zero-order valence-electron chi connectivity index (χ0n) is 11.6. The second kappa shape index (κ2) is 7.31. The van der Waals surface area contributed by atoms with E-state index in [-0.39, 0.29) is 10.8 Å². The van der Waals surface area contributed by atoms with Gasteiger partial charge in [0.25, 0.3) is 0 Å². The standard InChI is InChI=1S/C14H21BrN2OS/c1-5-6-7-13(17-19(18)14(2,3)4)11-10-16-9-8-12(11)15/h5,8-10,13,17H,1,6-7H2,2-4H3/t13-,19-/m0/s1. The molecule has 1 aromatic heterocycles. The molecule has 1 rings (SSSR count). The van der Waals surface area contributed by atoms with Crippen molar-refractivity contribution in [2.24, 2.45) is 0 Å². The van der Waals surface area contributed by atoms with Crippen LogP contribution in [0.4, 0.5) is 0 Å². The van der Waals surface area contributed by atoms with E-state index in [0.717, 1.165) is 22.9 Å². The predicted octanol–water partition coefficient (Wildman–Crippen LogP) is 3.90. The third-order valence-corrected chi connectivity index (χ3v) is 4.97. The molecule has 19 heavy (non-hydrogen) atoms. The zero-order chi connectivity index (χ0) is 14.5. The van der Waals surface area contributed by atoms with Crippen LogP contribution in [0.15, 0.2) is 35.6 Å². The van der Waals surface area contributed by atoms with Crippen molar-refractivity contribution in [2.45, 2.75) is 44.4 Å². The summed E-state index contributed by atoms with van der Waals surface area (Å²) in [5.41, 5.74) is 1.03. The smallest absolute Gasteiger partial charge is 0.0975 e. The zero-order valence-corrected chi connectivity index (χ0v) is 14.1. The van der Waals surface area contributed by atoms with Crippen LogP contribution in [-0.4, -0.2) is 13.9 Å². The minimum Gasteiger partial charge on any atom is -0.264 e. The van der Waals surface area contributed by atoms with Crippen LogP contribution in [0.1, 0.15) is 45.2 Å². The number of hydrogen-bond acceptors (Lipinski definition) is 2. The molecule has 1 heterocycles. The van der Waals surface area contributed by atoms with Crippen LogP contribution in [0.25, 0.3) is 0 Å². The number of allylic oxidation sites excluding steroid dienone is 1. The molecule has 0 saturated carbocycles. The molecular weight excluding hydrogens is 324 g/mol. The summed E-state index contributed by atoms with van der Waals surface area (Å²) in [6.45, 7) is 9.62. The summed E-state index contributed by atoms with van der Waals surface area (Å²) < 4.78 is 16.2. The Morgan fingerprint density at radius 2 is 2.26 bits per heavy atom. The number of aromatic nitrogens is 1. The third kappa shape index (κ3) is 5.16. The van der Waals surface area contributed by atoms with E-state index in [0.29, 0.717) is 0 Å². The lowest BCUT2D eigenvalue weighted by Gasteiger charge is -2.24. The van der Waals surface area contributed by atoms with Gasteiger partial charge in [0, 0.05) is 28.5 Å². The number of pyridine rings is 1. The summed E-state index contributed by atoms with van der Waals surface area (Å²) in [6, 6.07) is 1.90. The molecule has 1 N–H and O–H groups in total. The van der Waals surface area contributed by atoms with Crippen LogP contribution >= 0.6 is 15.9 Å². The van der Waals surface area contributed by atoms with E-state index < -0.39 is 11.0 Å². The second-order valence-electron chi connectivity index (χ2n) is 5.31. The van der Waals surface area contributed by atoms with Crippen molar-refractivity contribution in [2.75, 3.05) is 0 Å². The lowest BCUT2D eigenvalue weighted by Crippen LogP contribution is -2.35. The van der Waals surface area contributed by atoms with Crippen LogP contribution in [0.5, 0.6) is 0 Å². The van der Waals surface area contributed by atoms with Gasteiger partial charge in [0.1, 0.15) is 0 Å². The van der Waals surface area contributed by atoms with E-state index in [2.05, 4.69) is 32.2 Å². The van der Waals surface area contributed by atoms with Crippen molar-refractivity contribution in [3.63, 3.8) is 0 Å². The highest BCUT2D eigenvalue weighted by atomic mass is 79.9. The Kier molecular flexibility index (Phi) is 6.36. The van der Waals surface area contributed by atoms with Crippen LogP contribution in [0, 0.1) is 0 Å². The highest BCUT2D eigenvalue weighted by molar-refractivity contribution is 9.10. The first-order valence-electron chi connectivity index (χ1n) is 6.24. The maximum absolute atomic E-state index is 12.3. The fourth-order valence-electron chi connectivity index (χ4n) is 1.51. The minimum atomic E-state index is -1.11. The number of hydrogen-bond donors (Lipinski definition) is 1. The summed E-state index contributed by atoms with van der Waals surface area (Å²) in [7, 11) is -1.11. The van der Waals surface area contributed by atoms with Gasteiger partial charge in [-0.1, -0.05) is 22.0 Å². The topological polar surface area (TPSA) is 42.0 Å². The Morgan fingerprint density at radius 1 is 1.58 bits per heavy atom. The molecule has 1 aromatic rings. The van der Waals surface area contributed by atoms with E-state index in [1.807, 2.05) is 39.1 Å². The summed E-state index contributed by atoms with van der Waals surface area (Å²) in [5, 5.41) is 0. The fourth-order valence-corrected chi connectivity index (χ4v) is 2.87. The SMILES string of the molecule is C=CCC[C@H](N[S@@](=O)C(C)(C)C)c1cnccc1Br. The molecule has 0 unspecified atom stereocenters. The van der Waals surface area contributed by atoms with Crippen molar-refractivity contribution in [1.29, 1.82) is 0 Å². The van der Waals surface area contributed by atoms with E-state index in [1.54, 1.807) is 6.20 Å². The normalized spacial score (nSPS) is 14.9. The predicted molar refractivity (Wildman–Crippen MR) is 85.1 cm³/mol. The van der Waals surface area contributed by atoms with Crippen molar-refractivity contribution >= 4 is 26.9 Å². The molecule has 5 heteroatoms. The first-order chi connectivity index (χ1) is 8.86. The summed E-state index contributed by atoms with van der Waals surface area (Å²) in [6.07, 6.45) is 7.12. The van der Waals surface area contributed by atoms with Gasteiger partial charge < -0.3 is 0 Å². The molecule has 0 aliphatic heterocycles. The number of nitrogens with zero attached hydrogens (tertiary/aromatic N) is 1. The molecule has 0 aliphatic carbocycles. The maximum atomic E-state index is 12.3. The van der Waals surface area contributed by atoms with Crippen LogP contribution in [-0.2, 0) is 11.0 Å². The van der Waals surface area contributed by atoms with Gasteiger partial charge in [-0.3, -0.25) is 4.98 Å². The van der Waals surface area contributed by atoms with Gasteiger partial charge in [-0.15, -0.1) is 6.58 Å². The average Bonchev–Trinajstić information content (AvgIpc) is 2.34. The summed E-state index contributed by atoms with van der Waals surface area (Å²) >= 11 is 3.52. The minimum absolute atomic E-state index is 0.00105. The van der Waals surface area contributed by atoms with Gasteiger partial charge >= 0.3 is 0 Å². The molecule has 0 aromatic carbocycles. The number of nitrogens with one attached hydrogen (secondary N) is 1. The van der Waals surface area contributed by atoms with Gasteiger partial charge in [-0.25, -0.2) is 8.93 Å². The van der Waals surface area contributed by atoms with Gasteiger partial charge in [-0.2, -0.15) is 0 Å². The quantitative estimate of drug-likeness (QED) is 0.795. The van der Waals surface area contributed by atoms with E-state index in [4.69, 9.17) is 0 Å². The van der Waals surface area contributed by atoms with Crippen molar-refractivity contribution < 1.29 is 4.21 Å². The summed E-state index contributed by atoms with van der Waals surface area (Å²) in [5.74, 6) is 0. The molecule has 2 atom stereocenters. The molecule has 3 nitrogen and oxygen atoms in total. The molecule has 106 valence electrons. The lowest BCUT2D eigenvalue weighted by molar-refractivity contribution is 0.572. The van der Waals surface area contributed by atoms with E-state index in [1.165, 1.54) is 0 Å². The van der Waals surface area contributed by atoms with Crippen molar-refractivity contribution in [3.8, 4) is 0 Å². The highest BCUT2D eigenvalue weighted by Crippen LogP contribution is 2.27.